The number of nitrogens with two attached hydrogens (primary N) is 1. The van der Waals surface area contributed by atoms with Crippen LogP contribution < -0.4 is 5.73 Å². The quantitative estimate of drug-likeness (QED) is 0.555. The van der Waals surface area contributed by atoms with E-state index in [0.29, 0.717) is 0 Å². The molecular weight excluding hydrogens is 132 g/mol. The van der Waals surface area contributed by atoms with E-state index >= 15 is 0 Å². The van der Waals surface area contributed by atoms with Crippen molar-refractivity contribution in [1.82, 2.24) is 0 Å². The van der Waals surface area contributed by atoms with Gasteiger partial charge in [0.25, 0.3) is 11.9 Å². The van der Waals surface area contributed by atoms with Crippen LogP contribution in [0.4, 0.5) is 0 Å². The van der Waals surface area contributed by atoms with Gasteiger partial charge in [-0.25, -0.2) is 0 Å². The van der Waals surface area contributed by atoms with E-state index in [9.17, 15) is 4.79 Å². The summed E-state index contributed by atoms with van der Waals surface area (Å²) in [6.07, 6.45) is -0.458. The van der Waals surface area contributed by atoms with Crippen LogP contribution in [0.2, 0.25) is 0 Å². The highest BCUT2D eigenvalue weighted by Gasteiger charge is 2.30. The summed E-state index contributed by atoms with van der Waals surface area (Å²) in [4.78, 5) is 14.3. The number of ether oxygens (including phenoxy) is 1. The summed E-state index contributed by atoms with van der Waals surface area (Å²) in [5, 5.41) is 0. The average molecular weight is 142 g/mol. The van der Waals surface area contributed by atoms with Crippen LogP contribution in [-0.4, -0.2) is 18.0 Å². The molecule has 0 bridgehead atoms. The third kappa shape index (κ3) is 1.10. The molecule has 4 nitrogen and oxygen atoms in total. The number of hydrogen-bond donors (Lipinski definition) is 1. The number of carbonyl (C=O) groups excluding carboxylic acids is 1. The van der Waals surface area contributed by atoms with Gasteiger partial charge in [0, 0.05) is 0 Å². The van der Waals surface area contributed by atoms with Crippen molar-refractivity contribution in [3.05, 3.63) is 0 Å². The molecule has 0 aliphatic carbocycles. The molecule has 2 N–H and O–H groups in total. The van der Waals surface area contributed by atoms with E-state index in [1.54, 1.807) is 0 Å². The minimum absolute atomic E-state index is 0.0105. The lowest BCUT2D eigenvalue weighted by Gasteiger charge is -2.10. The van der Waals surface area contributed by atoms with E-state index in [-0.39, 0.29) is 17.8 Å². The fourth-order valence-corrected chi connectivity index (χ4v) is 0.800. The Morgan fingerprint density at radius 2 is 2.30 bits per heavy atom. The molecule has 1 aliphatic rings. The van der Waals surface area contributed by atoms with Gasteiger partial charge in [0.1, 0.15) is 0 Å². The van der Waals surface area contributed by atoms with Gasteiger partial charge in [0.05, 0.1) is 0 Å². The number of rotatable bonds is 1. The molecular formula is C6H10N2O2. The molecule has 4 heteroatoms. The van der Waals surface area contributed by atoms with E-state index in [1.165, 1.54) is 0 Å². The maximum atomic E-state index is 10.8. The molecule has 1 rings (SSSR count). The molecule has 0 fully saturated rings. The Bertz CT molecular complexity index is 186. The molecule has 56 valence electrons. The second-order valence-corrected chi connectivity index (χ2v) is 2.57. The minimum Gasteiger partial charge on any atom is -0.451 e. The van der Waals surface area contributed by atoms with Crippen molar-refractivity contribution in [2.45, 2.75) is 20.0 Å². The van der Waals surface area contributed by atoms with Crippen molar-refractivity contribution in [3.8, 4) is 0 Å². The van der Waals surface area contributed by atoms with Crippen LogP contribution in [0.3, 0.4) is 0 Å². The molecule has 1 aliphatic heterocycles. The number of nitrogens with zero attached hydrogens (tertiary/aromatic N) is 1. The van der Waals surface area contributed by atoms with E-state index in [0.717, 1.165) is 0 Å². The van der Waals surface area contributed by atoms with Gasteiger partial charge in [-0.15, -0.1) is 0 Å². The van der Waals surface area contributed by atoms with Crippen molar-refractivity contribution >= 4 is 11.9 Å². The maximum Gasteiger partial charge on any atom is 0.291 e. The zero-order chi connectivity index (χ0) is 7.72. The zero-order valence-corrected chi connectivity index (χ0v) is 6.00. The molecule has 0 saturated carbocycles. The first kappa shape index (κ1) is 7.05. The Balaban J connectivity index is 2.64. The molecule has 0 unspecified atom stereocenters. The van der Waals surface area contributed by atoms with Crippen molar-refractivity contribution in [2.24, 2.45) is 16.6 Å². The molecule has 0 aromatic carbocycles. The van der Waals surface area contributed by atoms with Crippen LogP contribution in [0.25, 0.3) is 0 Å². The normalized spacial score (nSPS) is 24.9. The summed E-state index contributed by atoms with van der Waals surface area (Å²) in [5.74, 6) is -0.134. The first-order valence-corrected chi connectivity index (χ1v) is 3.16. The predicted octanol–water partition coefficient (Wildman–Crippen LogP) is -0.118. The summed E-state index contributed by atoms with van der Waals surface area (Å²) >= 11 is 0. The maximum absolute atomic E-state index is 10.8. The van der Waals surface area contributed by atoms with Gasteiger partial charge in [-0.3, -0.25) is 4.79 Å². The summed E-state index contributed by atoms with van der Waals surface area (Å²) < 4.78 is 4.91. The fourth-order valence-electron chi connectivity index (χ4n) is 0.800. The lowest BCUT2D eigenvalue weighted by molar-refractivity contribution is -0.124. The summed E-state index contributed by atoms with van der Waals surface area (Å²) in [6.45, 7) is 3.77. The summed E-state index contributed by atoms with van der Waals surface area (Å²) in [7, 11) is 0. The van der Waals surface area contributed by atoms with Gasteiger partial charge in [0.15, 0.2) is 6.10 Å². The average Bonchev–Trinajstić information content (AvgIpc) is 2.10. The standard InChI is InChI=1S/C6H10N2O2/c1-3(2)4-5(9)8-6(7)10-4/h3-4H,1-2H3,(H2,7,8,9)/t4-/m1/s1. The molecule has 0 aromatic heterocycles. The van der Waals surface area contributed by atoms with Gasteiger partial charge >= 0.3 is 0 Å². The Hall–Kier alpha value is -1.06. The van der Waals surface area contributed by atoms with Crippen LogP contribution in [-0.2, 0) is 9.53 Å². The van der Waals surface area contributed by atoms with Gasteiger partial charge in [-0.1, -0.05) is 13.8 Å². The van der Waals surface area contributed by atoms with Crippen molar-refractivity contribution in [3.63, 3.8) is 0 Å². The van der Waals surface area contributed by atoms with Gasteiger partial charge < -0.3 is 10.5 Å². The lowest BCUT2D eigenvalue weighted by atomic mass is 10.1. The van der Waals surface area contributed by atoms with Gasteiger partial charge in [0.2, 0.25) is 0 Å². The number of aliphatic imine (C=N–C) groups is 1. The molecule has 1 heterocycles. The second-order valence-electron chi connectivity index (χ2n) is 2.57. The predicted molar refractivity (Wildman–Crippen MR) is 36.3 cm³/mol. The highest BCUT2D eigenvalue weighted by atomic mass is 16.5. The largest absolute Gasteiger partial charge is 0.451 e. The first-order chi connectivity index (χ1) is 4.61. The fraction of sp³-hybridized carbons (Fsp3) is 0.667. The van der Waals surface area contributed by atoms with Crippen LogP contribution >= 0.6 is 0 Å². The van der Waals surface area contributed by atoms with Crippen LogP contribution in [0, 0.1) is 5.92 Å². The van der Waals surface area contributed by atoms with Crippen LogP contribution in [0.5, 0.6) is 0 Å². The van der Waals surface area contributed by atoms with Gasteiger partial charge in [-0.2, -0.15) is 4.99 Å². The van der Waals surface area contributed by atoms with Crippen LogP contribution in [0.15, 0.2) is 4.99 Å². The Labute approximate surface area is 59.1 Å². The van der Waals surface area contributed by atoms with E-state index < -0.39 is 6.10 Å². The summed E-state index contributed by atoms with van der Waals surface area (Å²) in [6, 6.07) is -0.0105. The lowest BCUT2D eigenvalue weighted by Crippen LogP contribution is -2.25. The monoisotopic (exact) mass is 142 g/mol. The first-order valence-electron chi connectivity index (χ1n) is 3.16. The molecule has 0 saturated heterocycles. The Morgan fingerprint density at radius 3 is 2.50 bits per heavy atom. The molecule has 1 atom stereocenters. The molecule has 0 radical (unpaired) electrons. The smallest absolute Gasteiger partial charge is 0.291 e. The topological polar surface area (TPSA) is 64.7 Å². The molecule has 1 amide bonds. The molecule has 0 spiro atoms. The van der Waals surface area contributed by atoms with E-state index in [4.69, 9.17) is 10.5 Å². The highest BCUT2D eigenvalue weighted by Crippen LogP contribution is 2.12. The number of hydrogen-bond acceptors (Lipinski definition) is 3. The second kappa shape index (κ2) is 2.28. The van der Waals surface area contributed by atoms with Crippen molar-refractivity contribution < 1.29 is 9.53 Å². The Kier molecular flexibility index (Phi) is 1.61. The summed E-state index contributed by atoms with van der Waals surface area (Å²) in [5.41, 5.74) is 5.16. The molecule has 0 aromatic rings. The number of carbonyl (C=O) groups is 1. The third-order valence-corrected chi connectivity index (χ3v) is 1.32. The highest BCUT2D eigenvalue weighted by molar-refractivity contribution is 5.97. The molecule has 10 heavy (non-hydrogen) atoms. The number of amides is 1. The number of amidine groups is 1. The Morgan fingerprint density at radius 1 is 1.70 bits per heavy atom. The zero-order valence-electron chi connectivity index (χ0n) is 6.00. The van der Waals surface area contributed by atoms with E-state index in [2.05, 4.69) is 4.99 Å². The SMILES string of the molecule is CC(C)[C@H]1OC(N)=NC1=O. The van der Waals surface area contributed by atoms with E-state index in [1.807, 2.05) is 13.8 Å². The van der Waals surface area contributed by atoms with Crippen molar-refractivity contribution in [1.29, 1.82) is 0 Å². The van der Waals surface area contributed by atoms with Crippen LogP contribution in [0.1, 0.15) is 13.8 Å². The third-order valence-electron chi connectivity index (χ3n) is 1.32. The van der Waals surface area contributed by atoms with Crippen molar-refractivity contribution in [2.75, 3.05) is 0 Å². The minimum atomic E-state index is -0.458. The van der Waals surface area contributed by atoms with Gasteiger partial charge in [-0.05, 0) is 5.92 Å².